The Kier molecular flexibility index (Phi) is 6.11. The Bertz CT molecular complexity index is 1560. The molecule has 2 aromatic heterocycles. The smallest absolute Gasteiger partial charge is 0.263 e. The van der Waals surface area contributed by atoms with Gasteiger partial charge in [-0.15, -0.1) is 11.3 Å². The number of thiazole rings is 1. The van der Waals surface area contributed by atoms with Crippen LogP contribution in [0.15, 0.2) is 47.1 Å². The van der Waals surface area contributed by atoms with E-state index in [0.29, 0.717) is 34.5 Å². The molecule has 0 saturated carbocycles. The van der Waals surface area contributed by atoms with E-state index in [4.69, 9.17) is 19.0 Å². The lowest BCUT2D eigenvalue weighted by Crippen LogP contribution is -2.29. The molecule has 0 fully saturated rings. The van der Waals surface area contributed by atoms with Crippen LogP contribution in [0, 0.1) is 6.92 Å². The molecule has 9 nitrogen and oxygen atoms in total. The Morgan fingerprint density at radius 3 is 2.84 bits per heavy atom. The molecule has 196 valence electrons. The summed E-state index contributed by atoms with van der Waals surface area (Å²) in [6.07, 6.45) is 2.46. The van der Waals surface area contributed by atoms with Crippen LogP contribution in [0.25, 0.3) is 11.3 Å². The van der Waals surface area contributed by atoms with Crippen molar-refractivity contribution in [1.29, 1.82) is 0 Å². The number of hydrogen-bond donors (Lipinski definition) is 1. The molecule has 4 heterocycles. The maximum absolute atomic E-state index is 13.3. The Morgan fingerprint density at radius 2 is 2.00 bits per heavy atom. The maximum atomic E-state index is 13.3. The quantitative estimate of drug-likeness (QED) is 0.345. The highest BCUT2D eigenvalue weighted by Crippen LogP contribution is 2.37. The number of rotatable bonds is 6. The van der Waals surface area contributed by atoms with Crippen LogP contribution in [0.5, 0.6) is 11.5 Å². The second-order valence-electron chi connectivity index (χ2n) is 9.65. The van der Waals surface area contributed by atoms with E-state index in [1.165, 1.54) is 17.5 Å². The summed E-state index contributed by atoms with van der Waals surface area (Å²) in [5.41, 5.74) is 5.09. The largest absolute Gasteiger partial charge is 0.454 e. The fourth-order valence-electron chi connectivity index (χ4n) is 4.85. The number of aryl methyl sites for hydroxylation is 1. The summed E-state index contributed by atoms with van der Waals surface area (Å²) in [5, 5.41) is 7.32. The Hall–Kier alpha value is -4.18. The maximum Gasteiger partial charge on any atom is 0.263 e. The van der Waals surface area contributed by atoms with Gasteiger partial charge >= 0.3 is 0 Å². The van der Waals surface area contributed by atoms with Crippen LogP contribution in [-0.4, -0.2) is 35.3 Å². The van der Waals surface area contributed by atoms with Gasteiger partial charge in [-0.2, -0.15) is 0 Å². The number of nitrogens with zero attached hydrogens (tertiary/aromatic N) is 3. The van der Waals surface area contributed by atoms with Crippen molar-refractivity contribution in [3.63, 3.8) is 0 Å². The summed E-state index contributed by atoms with van der Waals surface area (Å²) in [7, 11) is 0. The number of hydrogen-bond acceptors (Lipinski definition) is 8. The number of carbonyl (C=O) groups is 2. The molecule has 2 aliphatic rings. The molecule has 0 saturated heterocycles. The predicted octanol–water partition coefficient (Wildman–Crippen LogP) is 5.59. The lowest BCUT2D eigenvalue weighted by atomic mass is 10.0. The van der Waals surface area contributed by atoms with Gasteiger partial charge in [0.2, 0.25) is 12.7 Å². The molecule has 0 radical (unpaired) electrons. The van der Waals surface area contributed by atoms with Gasteiger partial charge in [0.15, 0.2) is 22.4 Å². The second kappa shape index (κ2) is 9.60. The van der Waals surface area contributed by atoms with E-state index < -0.39 is 0 Å². The van der Waals surface area contributed by atoms with E-state index in [-0.39, 0.29) is 32.4 Å². The second-order valence-corrected chi connectivity index (χ2v) is 10.8. The minimum absolute atomic E-state index is 0. The van der Waals surface area contributed by atoms with Crippen molar-refractivity contribution in [3.8, 4) is 22.8 Å². The number of amides is 2. The summed E-state index contributed by atoms with van der Waals surface area (Å²) in [4.78, 5) is 33.4. The first kappa shape index (κ1) is 24.2. The van der Waals surface area contributed by atoms with E-state index in [1.54, 1.807) is 4.90 Å². The summed E-state index contributed by atoms with van der Waals surface area (Å²) in [6, 6.07) is 11.5. The number of fused-ring (bicyclic) bond motifs is 2. The first-order chi connectivity index (χ1) is 18.4. The summed E-state index contributed by atoms with van der Waals surface area (Å²) in [6.45, 7) is 6.74. The van der Waals surface area contributed by atoms with Crippen LogP contribution in [-0.2, 0) is 17.6 Å². The number of ether oxygens (including phenoxy) is 2. The van der Waals surface area contributed by atoms with Gasteiger partial charge in [-0.25, -0.2) is 4.98 Å². The molecule has 0 bridgehead atoms. The number of aromatic nitrogens is 2. The van der Waals surface area contributed by atoms with E-state index >= 15 is 0 Å². The highest BCUT2D eigenvalue weighted by molar-refractivity contribution is 7.16. The fraction of sp³-hybridized carbons (Fsp3) is 0.286. The zero-order valence-electron chi connectivity index (χ0n) is 21.2. The molecular weight excluding hydrogens is 504 g/mol. The molecule has 10 heteroatoms. The molecule has 4 aromatic rings. The summed E-state index contributed by atoms with van der Waals surface area (Å²) in [5.74, 6) is 1.77. The monoisotopic (exact) mass is 532 g/mol. The topological polar surface area (TPSA) is 107 Å². The first-order valence-corrected chi connectivity index (χ1v) is 13.2. The third-order valence-corrected chi connectivity index (χ3v) is 7.58. The molecule has 2 aliphatic heterocycles. The molecule has 0 atom stereocenters. The molecule has 6 rings (SSSR count). The Morgan fingerprint density at radius 1 is 1.16 bits per heavy atom. The molecule has 1 N–H and O–H groups in total. The van der Waals surface area contributed by atoms with Gasteiger partial charge in [-0.05, 0) is 48.7 Å². The van der Waals surface area contributed by atoms with Gasteiger partial charge in [0.25, 0.3) is 5.91 Å². The Labute approximate surface area is 224 Å². The van der Waals surface area contributed by atoms with Crippen LogP contribution in [0.4, 0.5) is 10.8 Å². The minimum atomic E-state index is -0.151. The van der Waals surface area contributed by atoms with E-state index in [0.717, 1.165) is 39.4 Å². The highest BCUT2D eigenvalue weighted by atomic mass is 32.1. The lowest BCUT2D eigenvalue weighted by molar-refractivity contribution is -0.115. The van der Waals surface area contributed by atoms with Crippen LogP contribution in [0.1, 0.15) is 53.3 Å². The molecular formula is C28H28N4O5S. The van der Waals surface area contributed by atoms with Gasteiger partial charge in [0, 0.05) is 30.0 Å². The Balaban J connectivity index is 0.00000308. The molecule has 0 aliphatic carbocycles. The number of benzene rings is 2. The van der Waals surface area contributed by atoms with Gasteiger partial charge < -0.3 is 24.2 Å². The number of nitrogens with one attached hydrogen (secondary N) is 1. The van der Waals surface area contributed by atoms with Crippen molar-refractivity contribution in [2.45, 2.75) is 39.5 Å². The van der Waals surface area contributed by atoms with Crippen molar-refractivity contribution < 1.29 is 25.0 Å². The first-order valence-electron chi connectivity index (χ1n) is 12.4. The minimum Gasteiger partial charge on any atom is -0.454 e. The average Bonchev–Trinajstić information content (AvgIpc) is 3.68. The SMILES string of the molecule is Cc1sc(NC(=O)Cc2ccc3c(c2)OCO3)nc1-c1ccc2c(c1)CCN2C(=O)c1cnoc1C(C)C.[HH]. The summed E-state index contributed by atoms with van der Waals surface area (Å²) >= 11 is 1.44. The van der Waals surface area contributed by atoms with E-state index in [2.05, 4.69) is 16.5 Å². The van der Waals surface area contributed by atoms with Crippen molar-refractivity contribution in [2.24, 2.45) is 0 Å². The zero-order valence-corrected chi connectivity index (χ0v) is 22.1. The zero-order chi connectivity index (χ0) is 26.4. The van der Waals surface area contributed by atoms with E-state index in [9.17, 15) is 9.59 Å². The fourth-order valence-corrected chi connectivity index (χ4v) is 5.70. The van der Waals surface area contributed by atoms with Crippen LogP contribution in [0.3, 0.4) is 0 Å². The van der Waals surface area contributed by atoms with Crippen LogP contribution in [0.2, 0.25) is 0 Å². The van der Waals surface area contributed by atoms with Crippen molar-refractivity contribution in [2.75, 3.05) is 23.6 Å². The van der Waals surface area contributed by atoms with Crippen molar-refractivity contribution in [3.05, 3.63) is 69.9 Å². The van der Waals surface area contributed by atoms with Gasteiger partial charge in [0.1, 0.15) is 5.56 Å². The van der Waals surface area contributed by atoms with Crippen molar-refractivity contribution in [1.82, 2.24) is 10.1 Å². The summed E-state index contributed by atoms with van der Waals surface area (Å²) < 4.78 is 16.0. The predicted molar refractivity (Wildman–Crippen MR) is 145 cm³/mol. The van der Waals surface area contributed by atoms with Gasteiger partial charge in [0.05, 0.1) is 18.3 Å². The molecule has 2 amide bonds. The van der Waals surface area contributed by atoms with Crippen LogP contribution < -0.4 is 19.7 Å². The highest BCUT2D eigenvalue weighted by Gasteiger charge is 2.30. The van der Waals surface area contributed by atoms with Crippen molar-refractivity contribution >= 4 is 34.0 Å². The normalized spacial score (nSPS) is 13.7. The third-order valence-electron chi connectivity index (χ3n) is 6.69. The molecule has 0 spiro atoms. The van der Waals surface area contributed by atoms with Crippen LogP contribution >= 0.6 is 11.3 Å². The molecule has 38 heavy (non-hydrogen) atoms. The molecule has 2 aromatic carbocycles. The van der Waals surface area contributed by atoms with Gasteiger partial charge in [-0.3, -0.25) is 9.59 Å². The van der Waals surface area contributed by atoms with E-state index in [1.807, 2.05) is 51.1 Å². The standard InChI is InChI=1S/C28H26N4O5S.H2/c1-15(2)26-20(13-29-37-26)27(34)32-9-8-18-12-19(5-6-21(18)32)25-16(3)38-28(31-25)30-24(33)11-17-4-7-22-23(10-17)36-14-35-22;/h4-7,10,12-13,15H,8-9,11,14H2,1-3H3,(H,30,31,33);1H. The molecule has 0 unspecified atom stereocenters. The third kappa shape index (κ3) is 4.41. The average molecular weight is 533 g/mol. The number of anilines is 2. The lowest BCUT2D eigenvalue weighted by Gasteiger charge is -2.17. The van der Waals surface area contributed by atoms with Gasteiger partial charge in [-0.1, -0.05) is 31.1 Å². The number of carbonyl (C=O) groups excluding carboxylic acids is 2.